The molecule has 0 aliphatic carbocycles. The molecule has 0 aromatic heterocycles. The van der Waals surface area contributed by atoms with E-state index >= 15 is 0 Å². The molecular weight excluding hydrogens is 188 g/mol. The number of carbonyl (C=O) groups is 1. The second-order valence-corrected chi connectivity index (χ2v) is 4.03. The Balaban J connectivity index is 2.06. The Morgan fingerprint density at radius 1 is 1.20 bits per heavy atom. The highest BCUT2D eigenvalue weighted by atomic mass is 16.1. The van der Waals surface area contributed by atoms with Gasteiger partial charge in [-0.2, -0.15) is 0 Å². The van der Waals surface area contributed by atoms with Crippen LogP contribution in [0.3, 0.4) is 0 Å². The summed E-state index contributed by atoms with van der Waals surface area (Å²) in [6, 6.07) is 8.07. The average Bonchev–Trinajstić information content (AvgIpc) is 2.30. The number of nitrogens with two attached hydrogens (primary N) is 1. The first-order valence-corrected chi connectivity index (χ1v) is 5.35. The second kappa shape index (κ2) is 4.45. The Morgan fingerprint density at radius 2 is 1.80 bits per heavy atom. The maximum absolute atomic E-state index is 10.5. The number of anilines is 1. The van der Waals surface area contributed by atoms with Crippen LogP contribution in [-0.2, 0) is 0 Å². The van der Waals surface area contributed by atoms with Gasteiger partial charge in [0, 0.05) is 30.4 Å². The predicted molar refractivity (Wildman–Crippen MR) is 61.3 cm³/mol. The third kappa shape index (κ3) is 2.36. The van der Waals surface area contributed by atoms with Crippen LogP contribution in [0.15, 0.2) is 24.3 Å². The molecule has 1 aliphatic rings. The van der Waals surface area contributed by atoms with Gasteiger partial charge in [0.2, 0.25) is 0 Å². The summed E-state index contributed by atoms with van der Waals surface area (Å²) in [6.07, 6.45) is 2.97. The molecule has 3 heteroatoms. The summed E-state index contributed by atoms with van der Waals surface area (Å²) in [7, 11) is 0. The topological polar surface area (TPSA) is 46.3 Å². The Labute approximate surface area is 89.9 Å². The van der Waals surface area contributed by atoms with E-state index in [9.17, 15) is 4.79 Å². The van der Waals surface area contributed by atoms with Gasteiger partial charge < -0.3 is 10.6 Å². The van der Waals surface area contributed by atoms with Crippen molar-refractivity contribution in [1.82, 2.24) is 0 Å². The summed E-state index contributed by atoms with van der Waals surface area (Å²) in [5, 5.41) is 0. The highest BCUT2D eigenvalue weighted by Gasteiger charge is 2.15. The largest absolute Gasteiger partial charge is 0.371 e. The number of nitrogens with zero attached hydrogens (tertiary/aromatic N) is 1. The lowest BCUT2D eigenvalue weighted by atomic mass is 10.1. The van der Waals surface area contributed by atoms with Crippen LogP contribution in [0.5, 0.6) is 0 Å². The van der Waals surface area contributed by atoms with Crippen molar-refractivity contribution in [3.8, 4) is 0 Å². The fourth-order valence-electron chi connectivity index (χ4n) is 1.92. The van der Waals surface area contributed by atoms with Gasteiger partial charge in [0.1, 0.15) is 6.29 Å². The molecular formula is C12H16N2O. The monoisotopic (exact) mass is 204 g/mol. The van der Waals surface area contributed by atoms with Gasteiger partial charge in [-0.1, -0.05) is 0 Å². The molecule has 1 heterocycles. The van der Waals surface area contributed by atoms with Crippen molar-refractivity contribution < 1.29 is 4.79 Å². The molecule has 2 rings (SSSR count). The van der Waals surface area contributed by atoms with Gasteiger partial charge in [-0.25, -0.2) is 0 Å². The number of rotatable bonds is 2. The predicted octanol–water partition coefficient (Wildman–Crippen LogP) is 1.43. The highest BCUT2D eigenvalue weighted by molar-refractivity contribution is 5.75. The number of carbonyl (C=O) groups excluding carboxylic acids is 1. The van der Waals surface area contributed by atoms with E-state index in [-0.39, 0.29) is 0 Å². The van der Waals surface area contributed by atoms with E-state index in [0.29, 0.717) is 6.04 Å². The van der Waals surface area contributed by atoms with Gasteiger partial charge in [0.25, 0.3) is 0 Å². The van der Waals surface area contributed by atoms with E-state index in [0.717, 1.165) is 37.8 Å². The molecule has 80 valence electrons. The molecule has 15 heavy (non-hydrogen) atoms. The maximum atomic E-state index is 10.5. The van der Waals surface area contributed by atoms with Crippen LogP contribution in [-0.4, -0.2) is 25.4 Å². The minimum Gasteiger partial charge on any atom is -0.371 e. The Hall–Kier alpha value is -1.35. The molecule has 1 aliphatic heterocycles. The van der Waals surface area contributed by atoms with Gasteiger partial charge in [-0.3, -0.25) is 4.79 Å². The first-order chi connectivity index (χ1) is 7.29. The number of hydrogen-bond donors (Lipinski definition) is 1. The number of piperidine rings is 1. The van der Waals surface area contributed by atoms with E-state index in [1.165, 1.54) is 5.69 Å². The molecule has 3 nitrogen and oxygen atoms in total. The minimum atomic E-state index is 0.357. The van der Waals surface area contributed by atoms with Crippen molar-refractivity contribution in [2.45, 2.75) is 18.9 Å². The van der Waals surface area contributed by atoms with Crippen LogP contribution in [0.25, 0.3) is 0 Å². The summed E-state index contributed by atoms with van der Waals surface area (Å²) in [6.45, 7) is 2.03. The summed E-state index contributed by atoms with van der Waals surface area (Å²) >= 11 is 0. The molecule has 1 saturated heterocycles. The van der Waals surface area contributed by atoms with E-state index in [4.69, 9.17) is 5.73 Å². The second-order valence-electron chi connectivity index (χ2n) is 4.03. The summed E-state index contributed by atoms with van der Waals surface area (Å²) in [5.74, 6) is 0. The molecule has 0 spiro atoms. The quantitative estimate of drug-likeness (QED) is 0.741. The smallest absolute Gasteiger partial charge is 0.150 e. The fraction of sp³-hybridized carbons (Fsp3) is 0.417. The van der Waals surface area contributed by atoms with Crippen LogP contribution in [0.4, 0.5) is 5.69 Å². The zero-order valence-corrected chi connectivity index (χ0v) is 8.73. The van der Waals surface area contributed by atoms with Crippen molar-refractivity contribution in [1.29, 1.82) is 0 Å². The van der Waals surface area contributed by atoms with Gasteiger partial charge in [-0.15, -0.1) is 0 Å². The minimum absolute atomic E-state index is 0.357. The Morgan fingerprint density at radius 3 is 2.33 bits per heavy atom. The number of benzene rings is 1. The average molecular weight is 204 g/mol. The summed E-state index contributed by atoms with van der Waals surface area (Å²) < 4.78 is 0. The number of aldehydes is 1. The number of hydrogen-bond acceptors (Lipinski definition) is 3. The molecule has 0 unspecified atom stereocenters. The third-order valence-corrected chi connectivity index (χ3v) is 2.93. The lowest BCUT2D eigenvalue weighted by Crippen LogP contribution is -2.39. The van der Waals surface area contributed by atoms with Crippen LogP contribution in [0.2, 0.25) is 0 Å². The zero-order valence-electron chi connectivity index (χ0n) is 8.73. The molecule has 1 aromatic rings. The molecule has 1 fully saturated rings. The van der Waals surface area contributed by atoms with Gasteiger partial charge >= 0.3 is 0 Å². The van der Waals surface area contributed by atoms with Crippen LogP contribution >= 0.6 is 0 Å². The Kier molecular flexibility index (Phi) is 3.02. The van der Waals surface area contributed by atoms with E-state index in [1.54, 1.807) is 0 Å². The lowest BCUT2D eigenvalue weighted by Gasteiger charge is -2.32. The first-order valence-electron chi connectivity index (χ1n) is 5.35. The molecule has 0 atom stereocenters. The first kappa shape index (κ1) is 10.2. The van der Waals surface area contributed by atoms with Crippen molar-refractivity contribution in [2.75, 3.05) is 18.0 Å². The lowest BCUT2D eigenvalue weighted by molar-refractivity contribution is 0.112. The van der Waals surface area contributed by atoms with E-state index in [2.05, 4.69) is 4.90 Å². The maximum Gasteiger partial charge on any atom is 0.150 e. The van der Waals surface area contributed by atoms with Crippen molar-refractivity contribution in [3.63, 3.8) is 0 Å². The third-order valence-electron chi connectivity index (χ3n) is 2.93. The molecule has 0 saturated carbocycles. The Bertz CT molecular complexity index is 326. The molecule has 2 N–H and O–H groups in total. The van der Waals surface area contributed by atoms with Gasteiger partial charge in [-0.05, 0) is 37.1 Å². The van der Waals surface area contributed by atoms with E-state index < -0.39 is 0 Å². The van der Waals surface area contributed by atoms with Crippen molar-refractivity contribution in [3.05, 3.63) is 29.8 Å². The highest BCUT2D eigenvalue weighted by Crippen LogP contribution is 2.19. The standard InChI is InChI=1S/C12H16N2O/c13-11-5-7-14(8-6-11)12-3-1-10(9-15)2-4-12/h1-4,9,11H,5-8,13H2. The molecule has 0 amide bonds. The summed E-state index contributed by atoms with van der Waals surface area (Å²) in [5.41, 5.74) is 7.76. The fourth-order valence-corrected chi connectivity index (χ4v) is 1.92. The van der Waals surface area contributed by atoms with Crippen molar-refractivity contribution in [2.24, 2.45) is 5.73 Å². The molecule has 0 radical (unpaired) electrons. The van der Waals surface area contributed by atoms with Crippen LogP contribution < -0.4 is 10.6 Å². The van der Waals surface area contributed by atoms with Gasteiger partial charge in [0.05, 0.1) is 0 Å². The summed E-state index contributed by atoms with van der Waals surface area (Å²) in [4.78, 5) is 12.8. The van der Waals surface area contributed by atoms with Crippen molar-refractivity contribution >= 4 is 12.0 Å². The SMILES string of the molecule is NC1CCN(c2ccc(C=O)cc2)CC1. The van der Waals surface area contributed by atoms with Gasteiger partial charge in [0.15, 0.2) is 0 Å². The van der Waals surface area contributed by atoms with E-state index in [1.807, 2.05) is 24.3 Å². The normalized spacial score (nSPS) is 17.8. The van der Waals surface area contributed by atoms with Crippen LogP contribution in [0, 0.1) is 0 Å². The molecule has 1 aromatic carbocycles. The van der Waals surface area contributed by atoms with Crippen LogP contribution in [0.1, 0.15) is 23.2 Å². The molecule has 0 bridgehead atoms. The zero-order chi connectivity index (χ0) is 10.7.